The van der Waals surface area contributed by atoms with Crippen molar-refractivity contribution in [1.82, 2.24) is 15.4 Å². The smallest absolute Gasteiger partial charge is 0.283 e. The number of amides is 1. The van der Waals surface area contributed by atoms with Crippen molar-refractivity contribution in [3.63, 3.8) is 0 Å². The molecular weight excluding hydrogens is 458 g/mol. The molecule has 8 heteroatoms. The van der Waals surface area contributed by atoms with Gasteiger partial charge in [-0.1, -0.05) is 30.3 Å². The van der Waals surface area contributed by atoms with Gasteiger partial charge < -0.3 is 10.5 Å². The fourth-order valence-corrected chi connectivity index (χ4v) is 4.71. The zero-order valence-electron chi connectivity index (χ0n) is 18.8. The first-order chi connectivity index (χ1) is 17.1. The minimum Gasteiger partial charge on any atom is -0.497 e. The Morgan fingerprint density at radius 3 is 2.54 bits per heavy atom. The third-order valence-corrected chi connectivity index (χ3v) is 6.54. The molecule has 0 saturated carbocycles. The van der Waals surface area contributed by atoms with Crippen molar-refractivity contribution < 1.29 is 9.53 Å². The number of pyridine rings is 2. The van der Waals surface area contributed by atoms with Gasteiger partial charge in [-0.2, -0.15) is 5.10 Å². The summed E-state index contributed by atoms with van der Waals surface area (Å²) >= 11 is 1.24. The molecule has 2 aromatic carbocycles. The molecule has 3 aromatic heterocycles. The number of ether oxygens (including phenoxy) is 1. The highest BCUT2D eigenvalue weighted by molar-refractivity contribution is 7.21. The van der Waals surface area contributed by atoms with E-state index in [1.54, 1.807) is 25.7 Å². The zero-order valence-corrected chi connectivity index (χ0v) is 19.6. The van der Waals surface area contributed by atoms with E-state index in [0.717, 1.165) is 39.1 Å². The molecule has 7 nitrogen and oxygen atoms in total. The summed E-state index contributed by atoms with van der Waals surface area (Å²) in [5.74, 6) is 0.355. The van der Waals surface area contributed by atoms with Gasteiger partial charge in [-0.25, -0.2) is 10.4 Å². The van der Waals surface area contributed by atoms with Crippen LogP contribution in [0.4, 0.5) is 5.69 Å². The zero-order chi connectivity index (χ0) is 24.2. The molecule has 35 heavy (non-hydrogen) atoms. The van der Waals surface area contributed by atoms with Crippen LogP contribution in [0.5, 0.6) is 5.75 Å². The van der Waals surface area contributed by atoms with E-state index in [2.05, 4.69) is 15.5 Å². The van der Waals surface area contributed by atoms with E-state index in [1.807, 2.05) is 72.8 Å². The van der Waals surface area contributed by atoms with Crippen LogP contribution in [0.1, 0.15) is 15.2 Å². The maximum atomic E-state index is 13.0. The molecule has 0 unspecified atom stereocenters. The quantitative estimate of drug-likeness (QED) is 0.251. The summed E-state index contributed by atoms with van der Waals surface area (Å²) in [6.45, 7) is 0. The SMILES string of the molecule is COc1ccc(/C=N/NC(=O)c2sc3nc(-c4cccnc4)cc(-c4ccccc4)c3c2N)cc1. The Morgan fingerprint density at radius 2 is 1.83 bits per heavy atom. The highest BCUT2D eigenvalue weighted by Crippen LogP contribution is 2.41. The number of hydrazone groups is 1. The van der Waals surface area contributed by atoms with E-state index in [4.69, 9.17) is 15.5 Å². The largest absolute Gasteiger partial charge is 0.497 e. The third kappa shape index (κ3) is 4.60. The van der Waals surface area contributed by atoms with Gasteiger partial charge in [0.25, 0.3) is 5.91 Å². The number of carbonyl (C=O) groups excluding carboxylic acids is 1. The van der Waals surface area contributed by atoms with Crippen LogP contribution in [0.3, 0.4) is 0 Å². The van der Waals surface area contributed by atoms with E-state index >= 15 is 0 Å². The average molecular weight is 480 g/mol. The van der Waals surface area contributed by atoms with E-state index in [1.165, 1.54) is 11.3 Å². The van der Waals surface area contributed by atoms with Crippen molar-refractivity contribution in [2.75, 3.05) is 12.8 Å². The molecule has 3 N–H and O–H groups in total. The van der Waals surface area contributed by atoms with Crippen LogP contribution in [-0.4, -0.2) is 29.2 Å². The first-order valence-corrected chi connectivity index (χ1v) is 11.6. The van der Waals surface area contributed by atoms with Crippen LogP contribution in [0, 0.1) is 0 Å². The monoisotopic (exact) mass is 479 g/mol. The lowest BCUT2D eigenvalue weighted by Crippen LogP contribution is -2.17. The number of thiophene rings is 1. The molecule has 1 amide bonds. The summed E-state index contributed by atoms with van der Waals surface area (Å²) in [5.41, 5.74) is 13.8. The van der Waals surface area contributed by atoms with Crippen molar-refractivity contribution >= 4 is 39.4 Å². The number of methoxy groups -OCH3 is 1. The molecule has 0 atom stereocenters. The maximum Gasteiger partial charge on any atom is 0.283 e. The number of hydrogen-bond acceptors (Lipinski definition) is 7. The van der Waals surface area contributed by atoms with Gasteiger partial charge >= 0.3 is 0 Å². The van der Waals surface area contributed by atoms with Gasteiger partial charge in [-0.3, -0.25) is 9.78 Å². The van der Waals surface area contributed by atoms with Gasteiger partial charge in [0, 0.05) is 23.3 Å². The molecule has 3 heterocycles. The topological polar surface area (TPSA) is 102 Å². The van der Waals surface area contributed by atoms with Crippen molar-refractivity contribution in [3.05, 3.63) is 95.6 Å². The van der Waals surface area contributed by atoms with Crippen molar-refractivity contribution in [1.29, 1.82) is 0 Å². The minimum absolute atomic E-state index is 0.361. The Morgan fingerprint density at radius 1 is 1.06 bits per heavy atom. The molecule has 5 rings (SSSR count). The average Bonchev–Trinajstić information content (AvgIpc) is 3.26. The van der Waals surface area contributed by atoms with E-state index in [9.17, 15) is 4.79 Å². The number of nitrogens with one attached hydrogen (secondary N) is 1. The van der Waals surface area contributed by atoms with Gasteiger partial charge in [-0.05, 0) is 59.2 Å². The number of nitrogens with two attached hydrogens (primary N) is 1. The summed E-state index contributed by atoms with van der Waals surface area (Å²) in [5, 5.41) is 4.84. The molecule has 0 bridgehead atoms. The Bertz CT molecular complexity index is 1510. The van der Waals surface area contributed by atoms with E-state index in [0.29, 0.717) is 15.4 Å². The number of carbonyl (C=O) groups is 1. The Labute approximate surface area is 205 Å². The van der Waals surface area contributed by atoms with Crippen LogP contribution in [0.25, 0.3) is 32.6 Å². The van der Waals surface area contributed by atoms with Gasteiger partial charge in [0.15, 0.2) is 0 Å². The summed E-state index contributed by atoms with van der Waals surface area (Å²) in [7, 11) is 1.61. The van der Waals surface area contributed by atoms with Crippen LogP contribution in [0.2, 0.25) is 0 Å². The Hall–Kier alpha value is -4.56. The number of nitrogen functional groups attached to an aromatic ring is 1. The number of benzene rings is 2. The highest BCUT2D eigenvalue weighted by Gasteiger charge is 2.21. The highest BCUT2D eigenvalue weighted by atomic mass is 32.1. The van der Waals surface area contributed by atoms with E-state index in [-0.39, 0.29) is 0 Å². The molecule has 0 radical (unpaired) electrons. The maximum absolute atomic E-state index is 13.0. The van der Waals surface area contributed by atoms with Crippen molar-refractivity contribution in [2.24, 2.45) is 5.10 Å². The fraction of sp³-hybridized carbons (Fsp3) is 0.0370. The molecule has 0 aliphatic carbocycles. The molecule has 0 fully saturated rings. The Kier molecular flexibility index (Phi) is 6.19. The first kappa shape index (κ1) is 22.2. The predicted molar refractivity (Wildman–Crippen MR) is 141 cm³/mol. The number of fused-ring (bicyclic) bond motifs is 1. The summed E-state index contributed by atoms with van der Waals surface area (Å²) in [6.07, 6.45) is 5.05. The Balaban J connectivity index is 1.52. The molecule has 0 saturated heterocycles. The number of anilines is 1. The first-order valence-electron chi connectivity index (χ1n) is 10.8. The van der Waals surface area contributed by atoms with Crippen molar-refractivity contribution in [2.45, 2.75) is 0 Å². The lowest BCUT2D eigenvalue weighted by atomic mass is 10.00. The van der Waals surface area contributed by atoms with Crippen LogP contribution in [0.15, 0.2) is 90.3 Å². The van der Waals surface area contributed by atoms with Gasteiger partial charge in [0.1, 0.15) is 15.5 Å². The van der Waals surface area contributed by atoms with E-state index < -0.39 is 5.91 Å². The second-order valence-electron chi connectivity index (χ2n) is 7.66. The number of nitrogens with zero attached hydrogens (tertiary/aromatic N) is 3. The lowest BCUT2D eigenvalue weighted by molar-refractivity contribution is 0.0960. The van der Waals surface area contributed by atoms with Crippen molar-refractivity contribution in [3.8, 4) is 28.1 Å². The van der Waals surface area contributed by atoms with Gasteiger partial charge in [0.2, 0.25) is 0 Å². The number of aromatic nitrogens is 2. The van der Waals surface area contributed by atoms with Crippen LogP contribution in [-0.2, 0) is 0 Å². The van der Waals surface area contributed by atoms with Crippen LogP contribution < -0.4 is 15.9 Å². The minimum atomic E-state index is -0.391. The summed E-state index contributed by atoms with van der Waals surface area (Å²) in [4.78, 5) is 23.0. The molecule has 0 aliphatic rings. The molecular formula is C27H21N5O2S. The normalized spacial score (nSPS) is 11.1. The lowest BCUT2D eigenvalue weighted by Gasteiger charge is -2.08. The number of hydrogen-bond donors (Lipinski definition) is 2. The van der Waals surface area contributed by atoms with Crippen LogP contribution >= 0.6 is 11.3 Å². The summed E-state index contributed by atoms with van der Waals surface area (Å²) in [6, 6.07) is 23.1. The molecule has 0 spiro atoms. The van der Waals surface area contributed by atoms with Gasteiger partial charge in [0.05, 0.1) is 24.7 Å². The summed E-state index contributed by atoms with van der Waals surface area (Å²) < 4.78 is 5.15. The molecule has 172 valence electrons. The second kappa shape index (κ2) is 9.74. The third-order valence-electron chi connectivity index (χ3n) is 5.44. The van der Waals surface area contributed by atoms with Gasteiger partial charge in [-0.15, -0.1) is 11.3 Å². The standard InChI is InChI=1S/C27H21N5O2S/c1-34-20-11-9-17(10-12-20)15-30-32-26(33)25-24(28)23-21(18-6-3-2-4-7-18)14-22(31-27(23)35-25)19-8-5-13-29-16-19/h2-16H,28H2,1H3,(H,32,33)/b30-15+. The molecule has 5 aromatic rings. The molecule has 0 aliphatic heterocycles. The number of rotatable bonds is 6. The predicted octanol–water partition coefficient (Wildman–Crippen LogP) is 5.38. The second-order valence-corrected chi connectivity index (χ2v) is 8.66. The fourth-order valence-electron chi connectivity index (χ4n) is 3.70.